The third-order valence-electron chi connectivity index (χ3n) is 5.12. The number of hydrogen-bond donors (Lipinski definition) is 1. The van der Waals surface area contributed by atoms with Gasteiger partial charge in [-0.25, -0.2) is 0 Å². The number of nitrogens with zero attached hydrogens (tertiary/aromatic N) is 1. The van der Waals surface area contributed by atoms with Gasteiger partial charge in [-0.2, -0.15) is 0 Å². The fraction of sp³-hybridized carbons (Fsp3) is 0.250. The van der Waals surface area contributed by atoms with Crippen molar-refractivity contribution < 1.29 is 19.0 Å². The van der Waals surface area contributed by atoms with Crippen molar-refractivity contribution in [1.29, 1.82) is 0 Å². The summed E-state index contributed by atoms with van der Waals surface area (Å²) in [4.78, 5) is 17.2. The van der Waals surface area contributed by atoms with Gasteiger partial charge in [-0.3, -0.25) is 9.78 Å². The summed E-state index contributed by atoms with van der Waals surface area (Å²) in [6, 6.07) is 13.3. The van der Waals surface area contributed by atoms with Gasteiger partial charge in [-0.15, -0.1) is 11.8 Å². The molecule has 166 valence electrons. The number of ether oxygens (including phenoxy) is 3. The van der Waals surface area contributed by atoms with Crippen molar-refractivity contribution in [3.63, 3.8) is 0 Å². The first-order valence-electron chi connectivity index (χ1n) is 10.1. The Morgan fingerprint density at radius 3 is 2.75 bits per heavy atom. The van der Waals surface area contributed by atoms with Crippen LogP contribution in [0.4, 0.5) is 0 Å². The van der Waals surface area contributed by atoms with Gasteiger partial charge in [0, 0.05) is 34.8 Å². The largest absolute Gasteiger partial charge is 0.497 e. The molecule has 0 saturated carbocycles. The smallest absolute Gasteiger partial charge is 0.230 e. The highest BCUT2D eigenvalue weighted by Crippen LogP contribution is 2.42. The standard InChI is InChI=1S/C24H23ClN2O4S/c1-29-17-3-4-22(30-2)20(12-17)15-9-16-10-18(31-24(16)21(25)11-15)13-27-23(28)14-32-19-5-7-26-8-6-19/h3-9,11-12,18H,10,13-14H2,1-2H3,(H,27,28)/t18-/m0/s1. The summed E-state index contributed by atoms with van der Waals surface area (Å²) < 4.78 is 16.9. The van der Waals surface area contributed by atoms with Crippen molar-refractivity contribution in [2.75, 3.05) is 26.5 Å². The van der Waals surface area contributed by atoms with Gasteiger partial charge in [-0.05, 0) is 48.0 Å². The van der Waals surface area contributed by atoms with Gasteiger partial charge in [0.05, 0.1) is 31.5 Å². The molecule has 0 unspecified atom stereocenters. The molecule has 0 aliphatic carbocycles. The Kier molecular flexibility index (Phi) is 7.07. The number of halogens is 1. The molecule has 1 amide bonds. The third kappa shape index (κ3) is 5.11. The van der Waals surface area contributed by atoms with Crippen molar-refractivity contribution in [3.8, 4) is 28.4 Å². The summed E-state index contributed by atoms with van der Waals surface area (Å²) in [5, 5.41) is 3.48. The lowest BCUT2D eigenvalue weighted by molar-refractivity contribution is -0.118. The first-order chi connectivity index (χ1) is 15.6. The Morgan fingerprint density at radius 1 is 1.19 bits per heavy atom. The highest BCUT2D eigenvalue weighted by atomic mass is 35.5. The van der Waals surface area contributed by atoms with Gasteiger partial charge in [0.25, 0.3) is 0 Å². The third-order valence-corrected chi connectivity index (χ3v) is 6.41. The molecular weight excluding hydrogens is 448 g/mol. The maximum Gasteiger partial charge on any atom is 0.230 e. The first kappa shape index (κ1) is 22.3. The number of thioether (sulfide) groups is 1. The van der Waals surface area contributed by atoms with E-state index in [0.717, 1.165) is 33.1 Å². The normalized spacial score (nSPS) is 14.4. The zero-order valence-electron chi connectivity index (χ0n) is 17.8. The monoisotopic (exact) mass is 470 g/mol. The molecule has 2 aromatic carbocycles. The number of carbonyl (C=O) groups excluding carboxylic acids is 1. The van der Waals surface area contributed by atoms with E-state index in [1.165, 1.54) is 11.8 Å². The second kappa shape index (κ2) is 10.1. The number of amides is 1. The number of fused-ring (bicyclic) bond motifs is 1. The molecule has 2 heterocycles. The quantitative estimate of drug-likeness (QED) is 0.484. The van der Waals surface area contributed by atoms with E-state index in [1.54, 1.807) is 26.6 Å². The van der Waals surface area contributed by atoms with Gasteiger partial charge in [-0.1, -0.05) is 11.6 Å². The second-order valence-electron chi connectivity index (χ2n) is 7.23. The van der Waals surface area contributed by atoms with Crippen LogP contribution in [0, 0.1) is 0 Å². The maximum absolute atomic E-state index is 12.2. The van der Waals surface area contributed by atoms with E-state index in [-0.39, 0.29) is 12.0 Å². The Hall–Kier alpha value is -2.90. The van der Waals surface area contributed by atoms with Crippen LogP contribution in [0.1, 0.15) is 5.56 Å². The molecule has 1 atom stereocenters. The molecular formula is C24H23ClN2O4S. The summed E-state index contributed by atoms with van der Waals surface area (Å²) in [5.41, 5.74) is 2.82. The van der Waals surface area contributed by atoms with E-state index in [0.29, 0.717) is 29.5 Å². The van der Waals surface area contributed by atoms with Crippen LogP contribution >= 0.6 is 23.4 Å². The summed E-state index contributed by atoms with van der Waals surface area (Å²) in [6.45, 7) is 0.415. The minimum Gasteiger partial charge on any atom is -0.497 e. The molecule has 0 saturated heterocycles. The van der Waals surface area contributed by atoms with Crippen molar-refractivity contribution in [2.45, 2.75) is 17.4 Å². The number of aromatic nitrogens is 1. The zero-order valence-corrected chi connectivity index (χ0v) is 19.3. The zero-order chi connectivity index (χ0) is 22.5. The Morgan fingerprint density at radius 2 is 2.00 bits per heavy atom. The highest BCUT2D eigenvalue weighted by molar-refractivity contribution is 8.00. The van der Waals surface area contributed by atoms with Gasteiger partial charge in [0.2, 0.25) is 5.91 Å². The predicted molar refractivity (Wildman–Crippen MR) is 126 cm³/mol. The number of rotatable bonds is 8. The average molecular weight is 471 g/mol. The first-order valence-corrected chi connectivity index (χ1v) is 11.4. The fourth-order valence-corrected chi connectivity index (χ4v) is 4.56. The van der Waals surface area contributed by atoms with Gasteiger partial charge in [0.15, 0.2) is 0 Å². The molecule has 3 aromatic rings. The fourth-order valence-electron chi connectivity index (χ4n) is 3.56. The highest BCUT2D eigenvalue weighted by Gasteiger charge is 2.27. The molecule has 1 aromatic heterocycles. The van der Waals surface area contributed by atoms with Crippen molar-refractivity contribution >= 4 is 29.3 Å². The maximum atomic E-state index is 12.2. The Bertz CT molecular complexity index is 1110. The van der Waals surface area contributed by atoms with Crippen LogP contribution in [0.3, 0.4) is 0 Å². The molecule has 1 N–H and O–H groups in total. The number of hydrogen-bond acceptors (Lipinski definition) is 6. The average Bonchev–Trinajstić information content (AvgIpc) is 3.25. The van der Waals surface area contributed by atoms with Crippen LogP contribution in [0.25, 0.3) is 11.1 Å². The van der Waals surface area contributed by atoms with Crippen LogP contribution in [-0.2, 0) is 11.2 Å². The second-order valence-corrected chi connectivity index (χ2v) is 8.69. The molecule has 0 radical (unpaired) electrons. The van der Waals surface area contributed by atoms with Crippen molar-refractivity contribution in [3.05, 3.63) is 65.4 Å². The van der Waals surface area contributed by atoms with Gasteiger partial charge < -0.3 is 19.5 Å². The summed E-state index contributed by atoms with van der Waals surface area (Å²) in [7, 11) is 3.26. The molecule has 4 rings (SSSR count). The lowest BCUT2D eigenvalue weighted by Crippen LogP contribution is -2.35. The minimum atomic E-state index is -0.167. The minimum absolute atomic E-state index is 0.0423. The molecule has 32 heavy (non-hydrogen) atoms. The van der Waals surface area contributed by atoms with E-state index in [9.17, 15) is 4.79 Å². The Balaban J connectivity index is 1.41. The van der Waals surface area contributed by atoms with Crippen LogP contribution < -0.4 is 19.5 Å². The summed E-state index contributed by atoms with van der Waals surface area (Å²) in [6.07, 6.45) is 3.92. The van der Waals surface area contributed by atoms with Gasteiger partial charge >= 0.3 is 0 Å². The molecule has 0 fully saturated rings. The van der Waals surface area contributed by atoms with Crippen LogP contribution in [-0.4, -0.2) is 43.5 Å². The van der Waals surface area contributed by atoms with Crippen molar-refractivity contribution in [2.24, 2.45) is 0 Å². The summed E-state index contributed by atoms with van der Waals surface area (Å²) in [5.74, 6) is 2.43. The molecule has 6 nitrogen and oxygen atoms in total. The number of nitrogens with one attached hydrogen (secondary N) is 1. The number of benzene rings is 2. The molecule has 0 spiro atoms. The van der Waals surface area contributed by atoms with Gasteiger partial charge in [0.1, 0.15) is 23.4 Å². The molecule has 1 aliphatic heterocycles. The van der Waals surface area contributed by atoms with E-state index >= 15 is 0 Å². The van der Waals surface area contributed by atoms with Crippen LogP contribution in [0.5, 0.6) is 17.2 Å². The van der Waals surface area contributed by atoms with E-state index in [2.05, 4.69) is 16.4 Å². The van der Waals surface area contributed by atoms with Crippen molar-refractivity contribution in [1.82, 2.24) is 10.3 Å². The van der Waals surface area contributed by atoms with E-state index < -0.39 is 0 Å². The molecule has 1 aliphatic rings. The molecule has 0 bridgehead atoms. The SMILES string of the molecule is COc1ccc(OC)c(-c2cc(Cl)c3c(c2)C[C@@H](CNC(=O)CSc2ccncc2)O3)c1. The topological polar surface area (TPSA) is 69.7 Å². The number of methoxy groups -OCH3 is 2. The predicted octanol–water partition coefficient (Wildman–Crippen LogP) is 4.63. The summed E-state index contributed by atoms with van der Waals surface area (Å²) >= 11 is 8.02. The number of carbonyl (C=O) groups is 1. The van der Waals surface area contributed by atoms with Crippen LogP contribution in [0.2, 0.25) is 5.02 Å². The lowest BCUT2D eigenvalue weighted by Gasteiger charge is -2.13. The van der Waals surface area contributed by atoms with E-state index in [1.807, 2.05) is 36.4 Å². The number of pyridine rings is 1. The van der Waals surface area contributed by atoms with Crippen LogP contribution in [0.15, 0.2) is 59.8 Å². The Labute approximate surface area is 196 Å². The molecule has 8 heteroatoms. The van der Waals surface area contributed by atoms with E-state index in [4.69, 9.17) is 25.8 Å². The lowest BCUT2D eigenvalue weighted by atomic mass is 9.99.